The number of hydrogen-bond donors (Lipinski definition) is 0. The van der Waals surface area contributed by atoms with Gasteiger partial charge in [-0.2, -0.15) is 0 Å². The van der Waals surface area contributed by atoms with E-state index >= 15 is 0 Å². The highest BCUT2D eigenvalue weighted by Gasteiger charge is 2.51. The number of carbonyl (C=O) groups is 3. The highest BCUT2D eigenvalue weighted by atomic mass is 16.6. The van der Waals surface area contributed by atoms with E-state index in [4.69, 9.17) is 9.47 Å². The highest BCUT2D eigenvalue weighted by molar-refractivity contribution is 6.02. The van der Waals surface area contributed by atoms with E-state index in [9.17, 15) is 14.4 Å². The average molecular weight is 370 g/mol. The third-order valence-corrected chi connectivity index (χ3v) is 6.80. The maximum Gasteiger partial charge on any atom is 0.302 e. The molecule has 4 aliphatic carbocycles. The number of rotatable bonds is 2. The largest absolute Gasteiger partial charge is 0.462 e. The van der Waals surface area contributed by atoms with Crippen molar-refractivity contribution in [2.75, 3.05) is 0 Å². The molecule has 0 radical (unpaired) electrons. The van der Waals surface area contributed by atoms with Gasteiger partial charge >= 0.3 is 11.9 Å². The fourth-order valence-electron chi connectivity index (χ4n) is 5.66. The first-order valence-corrected chi connectivity index (χ1v) is 9.79. The molecule has 3 unspecified atom stereocenters. The minimum absolute atomic E-state index is 0.168. The smallest absolute Gasteiger partial charge is 0.302 e. The molecule has 4 aliphatic rings. The summed E-state index contributed by atoms with van der Waals surface area (Å²) in [5.74, 6) is 0.220. The monoisotopic (exact) mass is 370 g/mol. The first kappa shape index (κ1) is 18.2. The normalized spacial score (nSPS) is 39.5. The van der Waals surface area contributed by atoms with Crippen molar-refractivity contribution in [1.29, 1.82) is 0 Å². The van der Waals surface area contributed by atoms with E-state index in [0.29, 0.717) is 6.42 Å². The van der Waals surface area contributed by atoms with Crippen LogP contribution < -0.4 is 0 Å². The van der Waals surface area contributed by atoms with Crippen molar-refractivity contribution in [2.24, 2.45) is 23.2 Å². The van der Waals surface area contributed by atoms with Crippen molar-refractivity contribution in [2.45, 2.75) is 58.7 Å². The van der Waals surface area contributed by atoms with Gasteiger partial charge in [0.2, 0.25) is 0 Å². The predicted molar refractivity (Wildman–Crippen MR) is 98.5 cm³/mol. The molecule has 0 aromatic heterocycles. The molecule has 27 heavy (non-hydrogen) atoms. The molecule has 0 aromatic carbocycles. The summed E-state index contributed by atoms with van der Waals surface area (Å²) in [7, 11) is 0. The van der Waals surface area contributed by atoms with Gasteiger partial charge in [0.25, 0.3) is 0 Å². The number of esters is 2. The molecule has 6 atom stereocenters. The van der Waals surface area contributed by atoms with E-state index in [1.54, 1.807) is 6.08 Å². The molecule has 0 saturated heterocycles. The van der Waals surface area contributed by atoms with Gasteiger partial charge in [0, 0.05) is 26.2 Å². The molecule has 1 fully saturated rings. The van der Waals surface area contributed by atoms with Gasteiger partial charge in [0.05, 0.1) is 5.41 Å². The van der Waals surface area contributed by atoms with Crippen molar-refractivity contribution < 1.29 is 23.9 Å². The predicted octanol–water partition coefficient (Wildman–Crippen LogP) is 3.30. The third kappa shape index (κ3) is 2.97. The summed E-state index contributed by atoms with van der Waals surface area (Å²) in [6.07, 6.45) is 10.5. The Morgan fingerprint density at radius 1 is 1.07 bits per heavy atom. The van der Waals surface area contributed by atoms with Crippen LogP contribution in [0.5, 0.6) is 0 Å². The maximum absolute atomic E-state index is 12.4. The standard InChI is InChI=1S/C22H26O5/c1-12(23)26-15-10-14-4-5-16-17(21(14)19(11-15)27-13(2)24)8-9-22(3)18(16)6-7-20(22)25/h4-7,14-15,17,19,21H,8-11H2,1-3H3/t14?,15?,17-,19?,21-,22-/m0/s1. The Bertz CT molecular complexity index is 789. The first-order valence-electron chi connectivity index (χ1n) is 9.79. The summed E-state index contributed by atoms with van der Waals surface area (Å²) in [5, 5.41) is 0. The quantitative estimate of drug-likeness (QED) is 0.698. The minimum Gasteiger partial charge on any atom is -0.462 e. The van der Waals surface area contributed by atoms with Gasteiger partial charge in [-0.25, -0.2) is 0 Å². The lowest BCUT2D eigenvalue weighted by Gasteiger charge is -2.49. The van der Waals surface area contributed by atoms with Crippen LogP contribution >= 0.6 is 0 Å². The molecule has 0 N–H and O–H groups in total. The van der Waals surface area contributed by atoms with Crippen molar-refractivity contribution in [3.8, 4) is 0 Å². The molecule has 0 amide bonds. The zero-order valence-electron chi connectivity index (χ0n) is 16.1. The summed E-state index contributed by atoms with van der Waals surface area (Å²) in [6.45, 7) is 4.88. The van der Waals surface area contributed by atoms with Crippen LogP contribution in [0, 0.1) is 23.2 Å². The summed E-state index contributed by atoms with van der Waals surface area (Å²) in [6, 6.07) is 0. The van der Waals surface area contributed by atoms with Gasteiger partial charge in [0.1, 0.15) is 12.2 Å². The molecule has 144 valence electrons. The number of fused-ring (bicyclic) bond motifs is 4. The number of ketones is 1. The van der Waals surface area contributed by atoms with Crippen LogP contribution in [0.3, 0.4) is 0 Å². The van der Waals surface area contributed by atoms with Crippen LogP contribution in [0.2, 0.25) is 0 Å². The number of hydrogen-bond acceptors (Lipinski definition) is 5. The Kier molecular flexibility index (Phi) is 4.36. The average Bonchev–Trinajstić information content (AvgIpc) is 2.88. The lowest BCUT2D eigenvalue weighted by Crippen LogP contribution is -2.48. The topological polar surface area (TPSA) is 69.7 Å². The molecule has 5 nitrogen and oxygen atoms in total. The zero-order chi connectivity index (χ0) is 19.3. The van der Waals surface area contributed by atoms with Gasteiger partial charge in [-0.05, 0) is 55.2 Å². The molecule has 0 spiro atoms. The van der Waals surface area contributed by atoms with Crippen molar-refractivity contribution in [3.63, 3.8) is 0 Å². The number of allylic oxidation sites excluding steroid dienone is 6. The third-order valence-electron chi connectivity index (χ3n) is 6.80. The first-order chi connectivity index (χ1) is 12.8. The molecule has 0 bridgehead atoms. The fraction of sp³-hybridized carbons (Fsp3) is 0.591. The van der Waals surface area contributed by atoms with Gasteiger partial charge in [0.15, 0.2) is 5.78 Å². The van der Waals surface area contributed by atoms with E-state index in [2.05, 4.69) is 12.2 Å². The van der Waals surface area contributed by atoms with Crippen LogP contribution in [-0.2, 0) is 23.9 Å². The zero-order valence-corrected chi connectivity index (χ0v) is 16.1. The van der Waals surface area contributed by atoms with E-state index in [1.807, 2.05) is 13.0 Å². The van der Waals surface area contributed by atoms with Crippen molar-refractivity contribution in [1.82, 2.24) is 0 Å². The second-order valence-corrected chi connectivity index (χ2v) is 8.49. The Hall–Kier alpha value is -2.17. The number of carbonyl (C=O) groups excluding carboxylic acids is 3. The number of ether oxygens (including phenoxy) is 2. The Morgan fingerprint density at radius 2 is 1.81 bits per heavy atom. The fourth-order valence-corrected chi connectivity index (χ4v) is 5.66. The minimum atomic E-state index is -0.408. The molecule has 1 saturated carbocycles. The summed E-state index contributed by atoms with van der Waals surface area (Å²) in [4.78, 5) is 35.5. The Morgan fingerprint density at radius 3 is 2.52 bits per heavy atom. The van der Waals surface area contributed by atoms with Gasteiger partial charge in [-0.3, -0.25) is 14.4 Å². The van der Waals surface area contributed by atoms with E-state index in [1.165, 1.54) is 19.4 Å². The van der Waals surface area contributed by atoms with E-state index < -0.39 is 5.41 Å². The van der Waals surface area contributed by atoms with Crippen LogP contribution in [-0.4, -0.2) is 29.9 Å². The van der Waals surface area contributed by atoms with Crippen LogP contribution in [0.4, 0.5) is 0 Å². The second kappa shape index (κ2) is 6.47. The van der Waals surface area contributed by atoms with Crippen LogP contribution in [0.25, 0.3) is 0 Å². The lowest BCUT2D eigenvalue weighted by molar-refractivity contribution is -0.164. The van der Waals surface area contributed by atoms with Crippen molar-refractivity contribution >= 4 is 17.7 Å². The maximum atomic E-state index is 12.4. The van der Waals surface area contributed by atoms with E-state index in [-0.39, 0.29) is 47.7 Å². The van der Waals surface area contributed by atoms with Gasteiger partial charge in [-0.1, -0.05) is 18.2 Å². The van der Waals surface area contributed by atoms with Crippen LogP contribution in [0.1, 0.15) is 46.5 Å². The Labute approximate surface area is 159 Å². The summed E-state index contributed by atoms with van der Waals surface area (Å²) < 4.78 is 11.2. The summed E-state index contributed by atoms with van der Waals surface area (Å²) >= 11 is 0. The highest BCUT2D eigenvalue weighted by Crippen LogP contribution is 2.55. The lowest BCUT2D eigenvalue weighted by atomic mass is 9.57. The van der Waals surface area contributed by atoms with Gasteiger partial charge < -0.3 is 9.47 Å². The molecular weight excluding hydrogens is 344 g/mol. The summed E-state index contributed by atoms with van der Waals surface area (Å²) in [5.41, 5.74) is 1.94. The molecule has 5 heteroatoms. The molecule has 0 heterocycles. The molecule has 0 aliphatic heterocycles. The van der Waals surface area contributed by atoms with Gasteiger partial charge in [-0.15, -0.1) is 0 Å². The molecule has 4 rings (SSSR count). The van der Waals surface area contributed by atoms with Crippen molar-refractivity contribution in [3.05, 3.63) is 35.5 Å². The van der Waals surface area contributed by atoms with E-state index in [0.717, 1.165) is 24.8 Å². The SMILES string of the molecule is CC(=O)OC1CC2C=CC3=C4C=CC(=O)[C@@]4(C)CC[C@@H]3[C@H]2C(OC(C)=O)C1. The molecule has 0 aromatic rings. The Balaban J connectivity index is 1.71. The van der Waals surface area contributed by atoms with Crippen LogP contribution in [0.15, 0.2) is 35.5 Å². The second-order valence-electron chi connectivity index (χ2n) is 8.49. The molecular formula is C22H26O5.